The molecular weight excluding hydrogens is 225 g/mol. The van der Waals surface area contributed by atoms with Crippen LogP contribution in [0.15, 0.2) is 30.3 Å². The fourth-order valence-corrected chi connectivity index (χ4v) is 5.30. The van der Waals surface area contributed by atoms with Gasteiger partial charge in [-0.2, -0.15) is 0 Å². The van der Waals surface area contributed by atoms with Gasteiger partial charge in [0.2, 0.25) is 0 Å². The molecule has 2 aliphatic carbocycles. The van der Waals surface area contributed by atoms with Crippen molar-refractivity contribution in [2.45, 2.75) is 17.2 Å². The molecule has 2 aliphatic rings. The van der Waals surface area contributed by atoms with Gasteiger partial charge < -0.3 is 0 Å². The molecule has 13 heavy (non-hydrogen) atoms. The summed E-state index contributed by atoms with van der Waals surface area (Å²) in [6.07, 6.45) is 2.34. The standard InChI is InChI=1S/C11H9NSe/c12-8-10-6-11(10,7-10)13-9-4-2-1-3-5-9/h1-5H,6-7H2. The molecule has 0 aromatic heterocycles. The minimum atomic E-state index is 0.142. The topological polar surface area (TPSA) is 23.8 Å². The maximum absolute atomic E-state index is 8.91. The van der Waals surface area contributed by atoms with Crippen molar-refractivity contribution in [3.8, 4) is 6.07 Å². The molecule has 0 radical (unpaired) electrons. The monoisotopic (exact) mass is 235 g/mol. The molecule has 0 heterocycles. The maximum atomic E-state index is 8.91. The van der Waals surface area contributed by atoms with Gasteiger partial charge in [-0.15, -0.1) is 0 Å². The van der Waals surface area contributed by atoms with Crippen LogP contribution in [0, 0.1) is 16.7 Å². The zero-order valence-corrected chi connectivity index (χ0v) is 8.87. The summed E-state index contributed by atoms with van der Waals surface area (Å²) in [7, 11) is 0. The average Bonchev–Trinajstić information content (AvgIpc) is 2.92. The molecule has 0 N–H and O–H groups in total. The van der Waals surface area contributed by atoms with Gasteiger partial charge in [0.25, 0.3) is 0 Å². The summed E-state index contributed by atoms with van der Waals surface area (Å²) in [5, 5.41) is 8.91. The number of nitriles is 1. The van der Waals surface area contributed by atoms with E-state index in [1.165, 1.54) is 17.3 Å². The zero-order valence-electron chi connectivity index (χ0n) is 7.16. The van der Waals surface area contributed by atoms with Crippen molar-refractivity contribution in [1.29, 1.82) is 5.26 Å². The predicted octanol–water partition coefficient (Wildman–Crippen LogP) is 1.49. The van der Waals surface area contributed by atoms with E-state index in [1.807, 2.05) is 0 Å². The van der Waals surface area contributed by atoms with E-state index in [-0.39, 0.29) is 5.41 Å². The molecule has 1 aromatic rings. The normalized spacial score (nSPS) is 39.0. The van der Waals surface area contributed by atoms with Crippen molar-refractivity contribution < 1.29 is 0 Å². The van der Waals surface area contributed by atoms with Crippen LogP contribution < -0.4 is 4.46 Å². The summed E-state index contributed by atoms with van der Waals surface area (Å²) in [6.45, 7) is 0. The Kier molecular flexibility index (Phi) is 1.28. The molecule has 2 saturated carbocycles. The molecule has 1 aromatic carbocycles. The van der Waals surface area contributed by atoms with E-state index >= 15 is 0 Å². The number of hydrogen-bond acceptors (Lipinski definition) is 1. The van der Waals surface area contributed by atoms with Gasteiger partial charge in [-0.25, -0.2) is 0 Å². The first-order valence-electron chi connectivity index (χ1n) is 4.46. The van der Waals surface area contributed by atoms with Crippen molar-refractivity contribution in [1.82, 2.24) is 0 Å². The Morgan fingerprint density at radius 3 is 2.46 bits per heavy atom. The first-order valence-corrected chi connectivity index (χ1v) is 6.17. The number of fused-ring (bicyclic) bond motifs is 1. The minimum absolute atomic E-state index is 0.142. The van der Waals surface area contributed by atoms with Crippen molar-refractivity contribution in [3.05, 3.63) is 30.3 Å². The molecule has 0 spiro atoms. The number of nitrogens with zero attached hydrogens (tertiary/aromatic N) is 1. The SMILES string of the molecule is N#CC12CC1([Se]c1ccccc1)C2. The molecule has 0 unspecified atom stereocenters. The van der Waals surface area contributed by atoms with E-state index < -0.39 is 0 Å². The number of hydrogen-bond donors (Lipinski definition) is 0. The van der Waals surface area contributed by atoms with Crippen LogP contribution in [-0.2, 0) is 0 Å². The number of benzene rings is 1. The van der Waals surface area contributed by atoms with Crippen LogP contribution >= 0.6 is 0 Å². The second-order valence-electron chi connectivity index (χ2n) is 3.96. The fraction of sp³-hybridized carbons (Fsp3) is 0.364. The van der Waals surface area contributed by atoms with E-state index in [9.17, 15) is 0 Å². The molecule has 3 rings (SSSR count). The van der Waals surface area contributed by atoms with Gasteiger partial charge in [-0.05, 0) is 0 Å². The van der Waals surface area contributed by atoms with Crippen molar-refractivity contribution in [2.75, 3.05) is 0 Å². The Bertz CT molecular complexity index is 384. The molecule has 2 heteroatoms. The Labute approximate surface area is 83.9 Å². The summed E-state index contributed by atoms with van der Waals surface area (Å²) in [5.74, 6) is 0. The van der Waals surface area contributed by atoms with Gasteiger partial charge in [0.1, 0.15) is 0 Å². The van der Waals surface area contributed by atoms with Crippen LogP contribution in [0.3, 0.4) is 0 Å². The first-order chi connectivity index (χ1) is 6.30. The second-order valence-corrected chi connectivity index (χ2v) is 7.01. The van der Waals surface area contributed by atoms with Gasteiger partial charge >= 0.3 is 83.7 Å². The quantitative estimate of drug-likeness (QED) is 0.711. The van der Waals surface area contributed by atoms with Crippen LogP contribution in [0.2, 0.25) is 4.31 Å². The third-order valence-corrected chi connectivity index (χ3v) is 6.38. The van der Waals surface area contributed by atoms with Gasteiger partial charge in [-0.3, -0.25) is 0 Å². The van der Waals surface area contributed by atoms with Crippen LogP contribution in [0.25, 0.3) is 0 Å². The molecule has 0 aliphatic heterocycles. The van der Waals surface area contributed by atoms with E-state index in [2.05, 4.69) is 36.4 Å². The molecule has 0 saturated heterocycles. The van der Waals surface area contributed by atoms with Gasteiger partial charge in [-0.1, -0.05) is 0 Å². The molecular formula is C11H9NSe. The van der Waals surface area contributed by atoms with Crippen LogP contribution in [-0.4, -0.2) is 15.0 Å². The Hall–Kier alpha value is -0.771. The third kappa shape index (κ3) is 0.921. The van der Waals surface area contributed by atoms with Gasteiger partial charge in [0.05, 0.1) is 0 Å². The third-order valence-electron chi connectivity index (χ3n) is 3.07. The Morgan fingerprint density at radius 1 is 1.23 bits per heavy atom. The summed E-state index contributed by atoms with van der Waals surface area (Å²) in [4.78, 5) is 0. The molecule has 0 atom stereocenters. The molecule has 0 amide bonds. The van der Waals surface area contributed by atoms with E-state index in [1.54, 1.807) is 0 Å². The van der Waals surface area contributed by atoms with Crippen molar-refractivity contribution >= 4 is 19.4 Å². The number of rotatable bonds is 2. The van der Waals surface area contributed by atoms with Crippen LogP contribution in [0.1, 0.15) is 12.8 Å². The van der Waals surface area contributed by atoms with Gasteiger partial charge in [0, 0.05) is 0 Å². The second kappa shape index (κ2) is 2.18. The van der Waals surface area contributed by atoms with E-state index in [4.69, 9.17) is 5.26 Å². The van der Waals surface area contributed by atoms with E-state index in [0.717, 1.165) is 0 Å². The summed E-state index contributed by atoms with van der Waals surface area (Å²) < 4.78 is 1.92. The van der Waals surface area contributed by atoms with Crippen molar-refractivity contribution in [2.24, 2.45) is 5.41 Å². The Morgan fingerprint density at radius 2 is 1.92 bits per heavy atom. The Balaban J connectivity index is 1.78. The summed E-state index contributed by atoms with van der Waals surface area (Å²) >= 11 is 0.532. The predicted molar refractivity (Wildman–Crippen MR) is 51.8 cm³/mol. The van der Waals surface area contributed by atoms with Gasteiger partial charge in [0.15, 0.2) is 0 Å². The van der Waals surface area contributed by atoms with Crippen LogP contribution in [0.4, 0.5) is 0 Å². The fourth-order valence-electron chi connectivity index (χ4n) is 1.90. The molecule has 1 nitrogen and oxygen atoms in total. The zero-order chi connectivity index (χ0) is 8.94. The summed E-state index contributed by atoms with van der Waals surface area (Å²) in [6, 6.07) is 13.1. The van der Waals surface area contributed by atoms with Crippen molar-refractivity contribution in [3.63, 3.8) is 0 Å². The first kappa shape index (κ1) is 7.62. The molecule has 64 valence electrons. The van der Waals surface area contributed by atoms with E-state index in [0.29, 0.717) is 19.3 Å². The molecule has 0 bridgehead atoms. The average molecular weight is 234 g/mol. The van der Waals surface area contributed by atoms with Crippen LogP contribution in [0.5, 0.6) is 0 Å². The molecule has 2 fully saturated rings. The summed E-state index contributed by atoms with van der Waals surface area (Å²) in [5.41, 5.74) is 0.142.